The minimum Gasteiger partial charge on any atom is -0.465 e. The second-order valence-electron chi connectivity index (χ2n) is 4.00. The van der Waals surface area contributed by atoms with E-state index in [1.807, 2.05) is 30.3 Å². The van der Waals surface area contributed by atoms with E-state index in [-0.39, 0.29) is 17.0 Å². The van der Waals surface area contributed by atoms with Gasteiger partial charge in [-0.15, -0.1) is 0 Å². The summed E-state index contributed by atoms with van der Waals surface area (Å²) >= 11 is 0. The monoisotopic (exact) mass is 287 g/mol. The van der Waals surface area contributed by atoms with Crippen LogP contribution in [0.5, 0.6) is 0 Å². The molecule has 1 aromatic heterocycles. The molecule has 0 unspecified atom stereocenters. The minimum absolute atomic E-state index is 0.0588. The van der Waals surface area contributed by atoms with Gasteiger partial charge in [0.05, 0.1) is 14.2 Å². The first-order valence-electron chi connectivity index (χ1n) is 6.06. The van der Waals surface area contributed by atoms with Crippen LogP contribution in [0.2, 0.25) is 0 Å². The molecular formula is C15H13NO5. The van der Waals surface area contributed by atoms with Crippen LogP contribution >= 0.6 is 0 Å². The molecule has 0 aliphatic carbocycles. The normalized spacial score (nSPS) is 10.6. The molecule has 0 radical (unpaired) electrons. The Morgan fingerprint density at radius 3 is 2.33 bits per heavy atom. The Balaban J connectivity index is 2.40. The maximum Gasteiger partial charge on any atom is 0.377 e. The highest BCUT2D eigenvalue weighted by molar-refractivity contribution is 6.03. The minimum atomic E-state index is -0.790. The summed E-state index contributed by atoms with van der Waals surface area (Å²) in [7, 11) is 2.40. The number of esters is 2. The first-order chi connectivity index (χ1) is 10.2. The summed E-state index contributed by atoms with van der Waals surface area (Å²) in [4.78, 5) is 23.3. The van der Waals surface area contributed by atoms with E-state index in [2.05, 4.69) is 14.6 Å². The number of aromatic nitrogens is 1. The van der Waals surface area contributed by atoms with Crippen molar-refractivity contribution in [2.75, 3.05) is 14.2 Å². The Morgan fingerprint density at radius 2 is 1.71 bits per heavy atom. The Morgan fingerprint density at radius 1 is 1.05 bits per heavy atom. The SMILES string of the molecule is COC(=O)c1onc(C=Cc2ccccc2)c1C(=O)OC. The Kier molecular flexibility index (Phi) is 4.50. The first-order valence-corrected chi connectivity index (χ1v) is 6.06. The molecule has 0 amide bonds. The van der Waals surface area contributed by atoms with Gasteiger partial charge in [-0.3, -0.25) is 0 Å². The zero-order chi connectivity index (χ0) is 15.2. The van der Waals surface area contributed by atoms with Gasteiger partial charge >= 0.3 is 11.9 Å². The van der Waals surface area contributed by atoms with Crippen molar-refractivity contribution in [3.05, 3.63) is 52.9 Å². The van der Waals surface area contributed by atoms with Crippen LogP contribution in [0.4, 0.5) is 0 Å². The quantitative estimate of drug-likeness (QED) is 0.803. The Labute approximate surface area is 121 Å². The van der Waals surface area contributed by atoms with Gasteiger partial charge in [-0.05, 0) is 11.6 Å². The van der Waals surface area contributed by atoms with Crippen LogP contribution in [0.25, 0.3) is 12.2 Å². The third kappa shape index (κ3) is 3.17. The Hall–Kier alpha value is -2.89. The number of carbonyl (C=O) groups excluding carboxylic acids is 2. The number of rotatable bonds is 4. The second-order valence-corrected chi connectivity index (χ2v) is 4.00. The van der Waals surface area contributed by atoms with Gasteiger partial charge in [0.15, 0.2) is 0 Å². The fourth-order valence-corrected chi connectivity index (χ4v) is 1.69. The molecule has 0 fully saturated rings. The summed E-state index contributed by atoms with van der Waals surface area (Å²) < 4.78 is 14.1. The molecule has 0 aliphatic heterocycles. The molecule has 1 heterocycles. The molecular weight excluding hydrogens is 274 g/mol. The fraction of sp³-hybridized carbons (Fsp3) is 0.133. The van der Waals surface area contributed by atoms with E-state index < -0.39 is 11.9 Å². The number of methoxy groups -OCH3 is 2. The topological polar surface area (TPSA) is 78.6 Å². The molecule has 2 aromatic rings. The van der Waals surface area contributed by atoms with Gasteiger partial charge in [0, 0.05) is 0 Å². The van der Waals surface area contributed by atoms with Crippen molar-refractivity contribution in [2.24, 2.45) is 0 Å². The molecule has 2 rings (SSSR count). The van der Waals surface area contributed by atoms with Crippen LogP contribution in [0.1, 0.15) is 32.2 Å². The molecule has 6 nitrogen and oxygen atoms in total. The largest absolute Gasteiger partial charge is 0.465 e. The lowest BCUT2D eigenvalue weighted by molar-refractivity contribution is 0.0521. The van der Waals surface area contributed by atoms with Gasteiger partial charge in [-0.1, -0.05) is 41.6 Å². The van der Waals surface area contributed by atoms with Crippen molar-refractivity contribution in [3.63, 3.8) is 0 Å². The van der Waals surface area contributed by atoms with Crippen molar-refractivity contribution in [1.82, 2.24) is 5.16 Å². The van der Waals surface area contributed by atoms with E-state index in [4.69, 9.17) is 4.52 Å². The van der Waals surface area contributed by atoms with E-state index in [0.717, 1.165) is 5.56 Å². The van der Waals surface area contributed by atoms with Gasteiger partial charge in [0.2, 0.25) is 0 Å². The summed E-state index contributed by atoms with van der Waals surface area (Å²) in [5.74, 6) is -1.79. The van der Waals surface area contributed by atoms with Crippen LogP contribution in [0, 0.1) is 0 Å². The number of benzene rings is 1. The standard InChI is InChI=1S/C15H13NO5/c1-19-14(17)12-11(16-21-13(12)15(18)20-2)9-8-10-6-4-3-5-7-10/h3-9H,1-2H3. The summed E-state index contributed by atoms with van der Waals surface area (Å²) in [6, 6.07) is 9.42. The molecule has 0 saturated heterocycles. The van der Waals surface area contributed by atoms with Crippen LogP contribution in [-0.4, -0.2) is 31.3 Å². The molecule has 108 valence electrons. The molecule has 0 bridgehead atoms. The smallest absolute Gasteiger partial charge is 0.377 e. The average molecular weight is 287 g/mol. The number of hydrogen-bond acceptors (Lipinski definition) is 6. The highest BCUT2D eigenvalue weighted by Crippen LogP contribution is 2.19. The maximum absolute atomic E-state index is 11.8. The van der Waals surface area contributed by atoms with Crippen molar-refractivity contribution in [1.29, 1.82) is 0 Å². The zero-order valence-electron chi connectivity index (χ0n) is 11.5. The lowest BCUT2D eigenvalue weighted by Crippen LogP contribution is -2.10. The first kappa shape index (κ1) is 14.5. The molecule has 0 N–H and O–H groups in total. The van der Waals surface area contributed by atoms with Crippen LogP contribution in [0.15, 0.2) is 34.9 Å². The lowest BCUT2D eigenvalue weighted by Gasteiger charge is -1.98. The van der Waals surface area contributed by atoms with Crippen molar-refractivity contribution >= 4 is 24.1 Å². The molecule has 0 saturated carbocycles. The van der Waals surface area contributed by atoms with E-state index >= 15 is 0 Å². The van der Waals surface area contributed by atoms with Gasteiger partial charge in [-0.2, -0.15) is 0 Å². The van der Waals surface area contributed by atoms with Gasteiger partial charge < -0.3 is 14.0 Å². The number of carbonyl (C=O) groups is 2. The number of hydrogen-bond donors (Lipinski definition) is 0. The number of ether oxygens (including phenoxy) is 2. The third-order valence-corrected chi connectivity index (χ3v) is 2.71. The van der Waals surface area contributed by atoms with Crippen molar-refractivity contribution in [2.45, 2.75) is 0 Å². The summed E-state index contributed by atoms with van der Waals surface area (Å²) in [5.41, 5.74) is 1.05. The van der Waals surface area contributed by atoms with Gasteiger partial charge in [-0.25, -0.2) is 9.59 Å². The van der Waals surface area contributed by atoms with E-state index in [0.29, 0.717) is 0 Å². The van der Waals surface area contributed by atoms with E-state index in [1.54, 1.807) is 12.2 Å². The number of nitrogens with zero attached hydrogens (tertiary/aromatic N) is 1. The second kappa shape index (κ2) is 6.51. The third-order valence-electron chi connectivity index (χ3n) is 2.71. The van der Waals surface area contributed by atoms with Crippen molar-refractivity contribution < 1.29 is 23.6 Å². The average Bonchev–Trinajstić information content (AvgIpc) is 2.96. The Bertz CT molecular complexity index is 673. The van der Waals surface area contributed by atoms with Crippen molar-refractivity contribution in [3.8, 4) is 0 Å². The molecule has 0 spiro atoms. The predicted molar refractivity (Wildman–Crippen MR) is 74.6 cm³/mol. The summed E-state index contributed by atoms with van der Waals surface area (Å²) in [6.07, 6.45) is 3.31. The van der Waals surface area contributed by atoms with Gasteiger partial charge in [0.1, 0.15) is 11.3 Å². The molecule has 0 aliphatic rings. The predicted octanol–water partition coefficient (Wildman–Crippen LogP) is 2.42. The molecule has 1 aromatic carbocycles. The highest BCUT2D eigenvalue weighted by Gasteiger charge is 2.27. The molecule has 6 heteroatoms. The maximum atomic E-state index is 11.8. The van der Waals surface area contributed by atoms with Crippen LogP contribution in [0.3, 0.4) is 0 Å². The van der Waals surface area contributed by atoms with E-state index in [9.17, 15) is 9.59 Å². The molecule has 0 atom stereocenters. The lowest BCUT2D eigenvalue weighted by atomic mass is 10.1. The summed E-state index contributed by atoms with van der Waals surface area (Å²) in [6.45, 7) is 0. The molecule has 21 heavy (non-hydrogen) atoms. The van der Waals surface area contributed by atoms with Gasteiger partial charge in [0.25, 0.3) is 5.76 Å². The highest BCUT2D eigenvalue weighted by atomic mass is 16.6. The fourth-order valence-electron chi connectivity index (χ4n) is 1.69. The zero-order valence-corrected chi connectivity index (χ0v) is 11.5. The summed E-state index contributed by atoms with van der Waals surface area (Å²) in [5, 5.41) is 3.71. The van der Waals surface area contributed by atoms with E-state index in [1.165, 1.54) is 14.2 Å². The van der Waals surface area contributed by atoms with Crippen LogP contribution in [-0.2, 0) is 9.47 Å². The van der Waals surface area contributed by atoms with Crippen LogP contribution < -0.4 is 0 Å².